The van der Waals surface area contributed by atoms with Crippen molar-refractivity contribution < 1.29 is 33.6 Å². The van der Waals surface area contributed by atoms with Gasteiger partial charge in [-0.3, -0.25) is 9.59 Å². The van der Waals surface area contributed by atoms with Crippen LogP contribution in [0.5, 0.6) is 17.2 Å². The summed E-state index contributed by atoms with van der Waals surface area (Å²) in [7, 11) is 4.52. The predicted octanol–water partition coefficient (Wildman–Crippen LogP) is 4.71. The standard InChI is InChI=1S/C25H30ClNO7/c1-25(2,3)13-27-17-8-7-14(26)9-16(17)23(34-20(24(27)30)12-21(28)29)22-18(32-5)10-15(31-4)11-19(22)33-6/h7-11,20,23H,12-13H2,1-6H3,(H,28,29)/t20-,23+/m1/s1. The zero-order valence-electron chi connectivity index (χ0n) is 20.2. The average Bonchev–Trinajstić information content (AvgIpc) is 2.87. The summed E-state index contributed by atoms with van der Waals surface area (Å²) in [6, 6.07) is 8.52. The molecule has 8 nitrogen and oxygen atoms in total. The Hall–Kier alpha value is -2.97. The van der Waals surface area contributed by atoms with Gasteiger partial charge in [-0.1, -0.05) is 32.4 Å². The topological polar surface area (TPSA) is 94.5 Å². The lowest BCUT2D eigenvalue weighted by atomic mass is 9.93. The first-order valence-corrected chi connectivity index (χ1v) is 11.1. The van der Waals surface area contributed by atoms with E-state index < -0.39 is 30.5 Å². The Balaban J connectivity index is 2.32. The number of rotatable bonds is 7. The number of benzene rings is 2. The monoisotopic (exact) mass is 491 g/mol. The molecule has 0 radical (unpaired) electrons. The third-order valence-corrected chi connectivity index (χ3v) is 5.65. The molecule has 2 aromatic carbocycles. The van der Waals surface area contributed by atoms with Gasteiger partial charge in [0.1, 0.15) is 29.5 Å². The van der Waals surface area contributed by atoms with Crippen molar-refractivity contribution in [2.24, 2.45) is 5.41 Å². The maximum absolute atomic E-state index is 13.6. The lowest BCUT2D eigenvalue weighted by molar-refractivity contribution is -0.147. The summed E-state index contributed by atoms with van der Waals surface area (Å²) in [4.78, 5) is 26.9. The van der Waals surface area contributed by atoms with Crippen molar-refractivity contribution in [1.82, 2.24) is 0 Å². The molecule has 0 spiro atoms. The number of halogens is 1. The first-order valence-electron chi connectivity index (χ1n) is 10.8. The normalized spacial score (nSPS) is 18.2. The largest absolute Gasteiger partial charge is 0.496 e. The van der Waals surface area contributed by atoms with Crippen molar-refractivity contribution in [2.45, 2.75) is 39.4 Å². The van der Waals surface area contributed by atoms with Crippen LogP contribution in [0.3, 0.4) is 0 Å². The second-order valence-corrected chi connectivity index (χ2v) is 9.67. The lowest BCUT2D eigenvalue weighted by Crippen LogP contribution is -2.44. The number of carboxylic acids is 1. The fourth-order valence-electron chi connectivity index (χ4n) is 4.02. The molecule has 9 heteroatoms. The molecular formula is C25H30ClNO7. The SMILES string of the molecule is COc1cc(OC)c([C@H]2O[C@H](CC(=O)O)C(=O)N(CC(C)(C)C)c3ccc(Cl)cc32)c(OC)c1. The van der Waals surface area contributed by atoms with Gasteiger partial charge in [-0.15, -0.1) is 0 Å². The fraction of sp³-hybridized carbons (Fsp3) is 0.440. The van der Waals surface area contributed by atoms with E-state index in [2.05, 4.69) is 0 Å². The van der Waals surface area contributed by atoms with Crippen LogP contribution < -0.4 is 19.1 Å². The highest BCUT2D eigenvalue weighted by Crippen LogP contribution is 2.47. The second kappa shape index (κ2) is 10.1. The molecule has 1 N–H and O–H groups in total. The van der Waals surface area contributed by atoms with Gasteiger partial charge in [-0.25, -0.2) is 0 Å². The Morgan fingerprint density at radius 2 is 1.71 bits per heavy atom. The number of aliphatic carboxylic acids is 1. The van der Waals surface area contributed by atoms with Crippen LogP contribution in [0.15, 0.2) is 30.3 Å². The average molecular weight is 492 g/mol. The summed E-state index contributed by atoms with van der Waals surface area (Å²) in [5.41, 5.74) is 1.41. The van der Waals surface area contributed by atoms with Crippen LogP contribution in [-0.4, -0.2) is 51.0 Å². The van der Waals surface area contributed by atoms with Crippen LogP contribution in [0.2, 0.25) is 5.02 Å². The van der Waals surface area contributed by atoms with Crippen LogP contribution in [0.4, 0.5) is 5.69 Å². The second-order valence-electron chi connectivity index (χ2n) is 9.24. The summed E-state index contributed by atoms with van der Waals surface area (Å²) >= 11 is 6.38. The minimum Gasteiger partial charge on any atom is -0.496 e. The molecule has 0 fully saturated rings. The van der Waals surface area contributed by atoms with Crippen LogP contribution in [0.1, 0.15) is 44.4 Å². The summed E-state index contributed by atoms with van der Waals surface area (Å²) in [6.45, 7) is 6.35. The predicted molar refractivity (Wildman–Crippen MR) is 128 cm³/mol. The minimum absolute atomic E-state index is 0.268. The van der Waals surface area contributed by atoms with Gasteiger partial charge in [0.25, 0.3) is 5.91 Å². The Bertz CT molecular complexity index is 1050. The molecule has 2 atom stereocenters. The van der Waals surface area contributed by atoms with Gasteiger partial charge in [0.15, 0.2) is 0 Å². The van der Waals surface area contributed by atoms with E-state index >= 15 is 0 Å². The molecule has 2 aromatic rings. The number of amides is 1. The van der Waals surface area contributed by atoms with Crippen LogP contribution in [0.25, 0.3) is 0 Å². The molecule has 1 amide bonds. The van der Waals surface area contributed by atoms with E-state index in [1.165, 1.54) is 21.3 Å². The first kappa shape index (κ1) is 25.6. The van der Waals surface area contributed by atoms with E-state index in [9.17, 15) is 14.7 Å². The Kier molecular flexibility index (Phi) is 7.63. The van der Waals surface area contributed by atoms with E-state index in [-0.39, 0.29) is 5.41 Å². The van der Waals surface area contributed by atoms with Gasteiger partial charge in [0.05, 0.1) is 33.3 Å². The number of hydrogen-bond acceptors (Lipinski definition) is 6. The molecule has 0 aromatic heterocycles. The molecule has 34 heavy (non-hydrogen) atoms. The van der Waals surface area contributed by atoms with E-state index in [0.717, 1.165) is 0 Å². The summed E-state index contributed by atoms with van der Waals surface area (Å²) in [6.07, 6.45) is -2.64. The number of hydrogen-bond donors (Lipinski definition) is 1. The van der Waals surface area contributed by atoms with E-state index in [1.807, 2.05) is 20.8 Å². The van der Waals surface area contributed by atoms with Crippen molar-refractivity contribution in [3.05, 3.63) is 46.5 Å². The Morgan fingerprint density at radius 3 is 2.21 bits per heavy atom. The molecular weight excluding hydrogens is 462 g/mol. The molecule has 0 saturated carbocycles. The quantitative estimate of drug-likeness (QED) is 0.599. The Labute approximate surface area is 204 Å². The van der Waals surface area contributed by atoms with Crippen molar-refractivity contribution >= 4 is 29.2 Å². The van der Waals surface area contributed by atoms with Crippen LogP contribution in [-0.2, 0) is 14.3 Å². The Morgan fingerprint density at radius 1 is 1.09 bits per heavy atom. The molecule has 0 aliphatic carbocycles. The third kappa shape index (κ3) is 5.39. The number of carboxylic acid groups (broad SMARTS) is 1. The summed E-state index contributed by atoms with van der Waals surface area (Å²) in [5.74, 6) is -0.277. The minimum atomic E-state index is -1.24. The maximum Gasteiger partial charge on any atom is 0.306 e. The fourth-order valence-corrected chi connectivity index (χ4v) is 4.20. The zero-order chi connectivity index (χ0) is 25.2. The number of carbonyl (C=O) groups excluding carboxylic acids is 1. The van der Waals surface area contributed by atoms with E-state index in [1.54, 1.807) is 35.2 Å². The van der Waals surface area contributed by atoms with E-state index in [4.69, 9.17) is 30.5 Å². The number of carbonyl (C=O) groups is 2. The van der Waals surface area contributed by atoms with Crippen molar-refractivity contribution in [3.8, 4) is 17.2 Å². The molecule has 0 bridgehead atoms. The van der Waals surface area contributed by atoms with Gasteiger partial charge in [-0.05, 0) is 23.6 Å². The van der Waals surface area contributed by atoms with Crippen LogP contribution >= 0.6 is 11.6 Å². The molecule has 3 rings (SSSR count). The lowest BCUT2D eigenvalue weighted by Gasteiger charge is -2.31. The van der Waals surface area contributed by atoms with Crippen LogP contribution in [0, 0.1) is 5.41 Å². The van der Waals surface area contributed by atoms with Gasteiger partial charge in [0, 0.05) is 35.0 Å². The summed E-state index contributed by atoms with van der Waals surface area (Å²) in [5, 5.41) is 9.99. The van der Waals surface area contributed by atoms with Gasteiger partial charge < -0.3 is 29.0 Å². The molecule has 1 aliphatic rings. The number of ether oxygens (including phenoxy) is 4. The van der Waals surface area contributed by atoms with Crippen molar-refractivity contribution in [1.29, 1.82) is 0 Å². The highest BCUT2D eigenvalue weighted by Gasteiger charge is 2.41. The van der Waals surface area contributed by atoms with Gasteiger partial charge in [0.2, 0.25) is 0 Å². The zero-order valence-corrected chi connectivity index (χ0v) is 20.9. The van der Waals surface area contributed by atoms with Crippen molar-refractivity contribution in [3.63, 3.8) is 0 Å². The number of anilines is 1. The number of fused-ring (bicyclic) bond motifs is 1. The third-order valence-electron chi connectivity index (χ3n) is 5.41. The molecule has 0 unspecified atom stereocenters. The highest BCUT2D eigenvalue weighted by atomic mass is 35.5. The highest BCUT2D eigenvalue weighted by molar-refractivity contribution is 6.30. The number of nitrogens with zero attached hydrogens (tertiary/aromatic N) is 1. The first-order chi connectivity index (χ1) is 16.0. The maximum atomic E-state index is 13.6. The van der Waals surface area contributed by atoms with Crippen molar-refractivity contribution in [2.75, 3.05) is 32.8 Å². The smallest absolute Gasteiger partial charge is 0.306 e. The summed E-state index contributed by atoms with van der Waals surface area (Å²) < 4.78 is 22.9. The number of methoxy groups -OCH3 is 3. The molecule has 0 saturated heterocycles. The molecule has 1 heterocycles. The molecule has 1 aliphatic heterocycles. The molecule has 184 valence electrons. The van der Waals surface area contributed by atoms with E-state index in [0.29, 0.717) is 45.6 Å². The van der Waals surface area contributed by atoms with Gasteiger partial charge >= 0.3 is 5.97 Å². The van der Waals surface area contributed by atoms with Gasteiger partial charge in [-0.2, -0.15) is 0 Å².